The average molecular weight is 432 g/mol. The zero-order valence-electron chi connectivity index (χ0n) is 17.4. The van der Waals surface area contributed by atoms with Gasteiger partial charge < -0.3 is 15.0 Å². The number of hydrogen-bond acceptors (Lipinski definition) is 4. The number of imidazole rings is 1. The Bertz CT molecular complexity index is 920. The van der Waals surface area contributed by atoms with E-state index < -0.39 is 0 Å². The van der Waals surface area contributed by atoms with E-state index in [9.17, 15) is 9.59 Å². The first-order valence-electron chi connectivity index (χ1n) is 11.0. The van der Waals surface area contributed by atoms with E-state index >= 15 is 0 Å². The van der Waals surface area contributed by atoms with E-state index in [1.807, 2.05) is 21.6 Å². The van der Waals surface area contributed by atoms with E-state index in [0.717, 1.165) is 51.0 Å². The van der Waals surface area contributed by atoms with Gasteiger partial charge in [0, 0.05) is 32.4 Å². The van der Waals surface area contributed by atoms with Crippen molar-refractivity contribution in [2.24, 2.45) is 11.7 Å². The van der Waals surface area contributed by atoms with Crippen LogP contribution in [0.5, 0.6) is 0 Å². The number of primary amides is 1. The van der Waals surface area contributed by atoms with Crippen LogP contribution in [-0.2, 0) is 11.3 Å². The molecule has 2 aromatic heterocycles. The Hall–Kier alpha value is -2.12. The van der Waals surface area contributed by atoms with Crippen LogP contribution in [0.3, 0.4) is 0 Å². The summed E-state index contributed by atoms with van der Waals surface area (Å²) >= 11 is 6.26. The van der Waals surface area contributed by atoms with E-state index in [0.29, 0.717) is 29.5 Å². The predicted octanol–water partition coefficient (Wildman–Crippen LogP) is 3.09. The summed E-state index contributed by atoms with van der Waals surface area (Å²) < 4.78 is 1.92. The van der Waals surface area contributed by atoms with Crippen LogP contribution in [0.15, 0.2) is 18.3 Å². The number of amides is 2. The number of aromatic nitrogens is 2. The van der Waals surface area contributed by atoms with Crippen LogP contribution in [-0.4, -0.2) is 57.2 Å². The number of rotatable bonds is 4. The Morgan fingerprint density at radius 3 is 2.53 bits per heavy atom. The van der Waals surface area contributed by atoms with Crippen LogP contribution >= 0.6 is 11.6 Å². The predicted molar refractivity (Wildman–Crippen MR) is 116 cm³/mol. The van der Waals surface area contributed by atoms with Gasteiger partial charge in [-0.1, -0.05) is 30.9 Å². The zero-order valence-corrected chi connectivity index (χ0v) is 18.1. The van der Waals surface area contributed by atoms with Gasteiger partial charge >= 0.3 is 0 Å². The number of carbonyl (C=O) groups excluding carboxylic acids is 2. The summed E-state index contributed by atoms with van der Waals surface area (Å²) in [4.78, 5) is 34.0. The fourth-order valence-corrected chi connectivity index (χ4v) is 4.79. The molecular weight excluding hydrogens is 402 g/mol. The smallest absolute Gasteiger partial charge is 0.274 e. The molecular formula is C22H30ClN5O2. The summed E-state index contributed by atoms with van der Waals surface area (Å²) in [5.74, 6) is -0.400. The third kappa shape index (κ3) is 4.62. The second-order valence-electron chi connectivity index (χ2n) is 8.52. The summed E-state index contributed by atoms with van der Waals surface area (Å²) in [5.41, 5.74) is 7.61. The largest absolute Gasteiger partial charge is 0.369 e. The van der Waals surface area contributed by atoms with Gasteiger partial charge in [-0.3, -0.25) is 14.5 Å². The van der Waals surface area contributed by atoms with Crippen molar-refractivity contribution in [2.45, 2.75) is 51.5 Å². The van der Waals surface area contributed by atoms with Crippen molar-refractivity contribution in [3.05, 3.63) is 34.7 Å². The fraction of sp³-hybridized carbons (Fsp3) is 0.591. The van der Waals surface area contributed by atoms with Gasteiger partial charge in [0.05, 0.1) is 16.6 Å². The first kappa shape index (κ1) is 21.1. The molecule has 4 rings (SSSR count). The van der Waals surface area contributed by atoms with Crippen LogP contribution in [0.1, 0.15) is 61.1 Å². The number of hydrogen-bond donors (Lipinski definition) is 1. The second kappa shape index (κ2) is 9.35. The molecule has 7 nitrogen and oxygen atoms in total. The molecule has 2 aliphatic heterocycles. The topological polar surface area (TPSA) is 83.9 Å². The molecule has 2 saturated heterocycles. The minimum Gasteiger partial charge on any atom is -0.369 e. The Balaban J connectivity index is 1.65. The summed E-state index contributed by atoms with van der Waals surface area (Å²) in [6.07, 6.45) is 9.21. The normalized spacial score (nSPS) is 21.4. The van der Waals surface area contributed by atoms with Gasteiger partial charge in [-0.15, -0.1) is 0 Å². The zero-order chi connectivity index (χ0) is 21.1. The Labute approximate surface area is 182 Å². The van der Waals surface area contributed by atoms with Crippen LogP contribution in [0, 0.1) is 5.92 Å². The third-order valence-electron chi connectivity index (χ3n) is 6.31. The molecule has 0 aromatic carbocycles. The second-order valence-corrected chi connectivity index (χ2v) is 8.96. The van der Waals surface area contributed by atoms with Gasteiger partial charge in [-0.25, -0.2) is 4.98 Å². The van der Waals surface area contributed by atoms with Crippen molar-refractivity contribution in [3.8, 4) is 0 Å². The lowest BCUT2D eigenvalue weighted by Gasteiger charge is -2.31. The lowest BCUT2D eigenvalue weighted by Crippen LogP contribution is -2.41. The summed E-state index contributed by atoms with van der Waals surface area (Å²) in [6, 6.07) is 3.64. The number of piperidine rings is 1. The number of halogens is 1. The maximum absolute atomic E-state index is 13.5. The average Bonchev–Trinajstić information content (AvgIpc) is 3.05. The standard InChI is InChI=1S/C22H30ClN5O2/c23-17-8-9-19-25-20(22(30)27-11-4-2-1-3-5-12-27)18(28(19)14-17)15-26-10-6-7-16(13-26)21(24)29/h8-9,14,16H,1-7,10-13,15H2,(H2,24,29)/t16-/m1/s1. The SMILES string of the molecule is NC(=O)[C@@H]1CCCN(Cc2c(C(=O)N3CCCCCCC3)nc3ccc(Cl)cn23)C1. The lowest BCUT2D eigenvalue weighted by molar-refractivity contribution is -0.123. The van der Waals surface area contributed by atoms with E-state index in [2.05, 4.69) is 4.90 Å². The first-order valence-corrected chi connectivity index (χ1v) is 11.4. The number of nitrogens with zero attached hydrogens (tertiary/aromatic N) is 4. The number of likely N-dealkylation sites (tertiary alicyclic amines) is 2. The molecule has 0 bridgehead atoms. The summed E-state index contributed by atoms with van der Waals surface area (Å²) in [7, 11) is 0. The van der Waals surface area contributed by atoms with Crippen molar-refractivity contribution in [2.75, 3.05) is 26.2 Å². The van der Waals surface area contributed by atoms with Gasteiger partial charge in [-0.2, -0.15) is 0 Å². The molecule has 2 aromatic rings. The lowest BCUT2D eigenvalue weighted by atomic mass is 9.97. The van der Waals surface area contributed by atoms with Crippen molar-refractivity contribution in [1.82, 2.24) is 19.2 Å². The van der Waals surface area contributed by atoms with Crippen molar-refractivity contribution < 1.29 is 9.59 Å². The molecule has 0 aliphatic carbocycles. The number of nitrogens with two attached hydrogens (primary N) is 1. The van der Waals surface area contributed by atoms with Gasteiger partial charge in [-0.05, 0) is 44.4 Å². The molecule has 4 heterocycles. The first-order chi connectivity index (χ1) is 14.5. The molecule has 2 fully saturated rings. The highest BCUT2D eigenvalue weighted by molar-refractivity contribution is 6.30. The minimum atomic E-state index is -0.252. The Kier molecular flexibility index (Phi) is 6.58. The fourth-order valence-electron chi connectivity index (χ4n) is 4.63. The van der Waals surface area contributed by atoms with E-state index in [1.54, 1.807) is 6.07 Å². The van der Waals surface area contributed by atoms with Crippen LogP contribution < -0.4 is 5.73 Å². The molecule has 2 N–H and O–H groups in total. The number of carbonyl (C=O) groups is 2. The van der Waals surface area contributed by atoms with E-state index in [1.165, 1.54) is 19.3 Å². The van der Waals surface area contributed by atoms with Crippen molar-refractivity contribution in [3.63, 3.8) is 0 Å². The van der Waals surface area contributed by atoms with Crippen LogP contribution in [0.25, 0.3) is 5.65 Å². The number of pyridine rings is 1. The maximum atomic E-state index is 13.5. The number of fused-ring (bicyclic) bond motifs is 1. The highest BCUT2D eigenvalue weighted by Crippen LogP contribution is 2.24. The molecule has 0 spiro atoms. The molecule has 8 heteroatoms. The third-order valence-corrected chi connectivity index (χ3v) is 6.53. The molecule has 0 radical (unpaired) electrons. The van der Waals surface area contributed by atoms with Gasteiger partial charge in [0.15, 0.2) is 5.69 Å². The molecule has 2 aliphatic rings. The minimum absolute atomic E-state index is 0.00446. The summed E-state index contributed by atoms with van der Waals surface area (Å²) in [5, 5.41) is 0.597. The van der Waals surface area contributed by atoms with Crippen LogP contribution in [0.4, 0.5) is 0 Å². The van der Waals surface area contributed by atoms with E-state index in [-0.39, 0.29) is 17.7 Å². The van der Waals surface area contributed by atoms with Crippen molar-refractivity contribution >= 4 is 29.1 Å². The Morgan fingerprint density at radius 1 is 1.07 bits per heavy atom. The summed E-state index contributed by atoms with van der Waals surface area (Å²) in [6.45, 7) is 3.58. The highest BCUT2D eigenvalue weighted by atomic mass is 35.5. The molecule has 2 amide bonds. The van der Waals surface area contributed by atoms with Gasteiger partial charge in [0.25, 0.3) is 5.91 Å². The highest BCUT2D eigenvalue weighted by Gasteiger charge is 2.29. The monoisotopic (exact) mass is 431 g/mol. The molecule has 0 unspecified atom stereocenters. The van der Waals surface area contributed by atoms with Crippen LogP contribution in [0.2, 0.25) is 5.02 Å². The molecule has 30 heavy (non-hydrogen) atoms. The van der Waals surface area contributed by atoms with E-state index in [4.69, 9.17) is 22.3 Å². The van der Waals surface area contributed by atoms with Crippen molar-refractivity contribution in [1.29, 1.82) is 0 Å². The van der Waals surface area contributed by atoms with Gasteiger partial charge in [0.1, 0.15) is 5.65 Å². The van der Waals surface area contributed by atoms with Gasteiger partial charge in [0.2, 0.25) is 5.91 Å². The molecule has 1 atom stereocenters. The molecule has 0 saturated carbocycles. The maximum Gasteiger partial charge on any atom is 0.274 e. The Morgan fingerprint density at radius 2 is 1.80 bits per heavy atom. The molecule has 162 valence electrons. The quantitative estimate of drug-likeness (QED) is 0.806.